The summed E-state index contributed by atoms with van der Waals surface area (Å²) in [5.41, 5.74) is 1.98. The molecule has 0 saturated heterocycles. The van der Waals surface area contributed by atoms with Crippen LogP contribution in [0.1, 0.15) is 40.4 Å². The van der Waals surface area contributed by atoms with Gasteiger partial charge in [0.05, 0.1) is 24.3 Å². The van der Waals surface area contributed by atoms with Gasteiger partial charge in [-0.15, -0.1) is 0 Å². The molecule has 1 amide bonds. The minimum atomic E-state index is -0.610. The molecule has 0 spiro atoms. The topological polar surface area (TPSA) is 58.6 Å². The number of ether oxygens (including phenoxy) is 1. The van der Waals surface area contributed by atoms with Gasteiger partial charge < -0.3 is 15.2 Å². The van der Waals surface area contributed by atoms with E-state index in [0.29, 0.717) is 24.5 Å². The Balaban J connectivity index is 1.61. The van der Waals surface area contributed by atoms with E-state index in [1.807, 2.05) is 18.2 Å². The van der Waals surface area contributed by atoms with Crippen LogP contribution in [0, 0.1) is 11.7 Å². The third kappa shape index (κ3) is 3.29. The molecule has 1 aliphatic carbocycles. The van der Waals surface area contributed by atoms with Crippen LogP contribution in [0.4, 0.5) is 4.39 Å². The molecular formula is C20H19ClFNO3. The molecule has 2 aliphatic rings. The van der Waals surface area contributed by atoms with Crippen LogP contribution in [-0.4, -0.2) is 23.7 Å². The zero-order chi connectivity index (χ0) is 18.3. The van der Waals surface area contributed by atoms with Crippen LogP contribution in [-0.2, 0) is 6.42 Å². The quantitative estimate of drug-likeness (QED) is 0.857. The number of aliphatic hydroxyl groups excluding tert-OH is 1. The van der Waals surface area contributed by atoms with Gasteiger partial charge in [0.2, 0.25) is 0 Å². The smallest absolute Gasteiger partial charge is 0.254 e. The first kappa shape index (κ1) is 17.3. The molecular weight excluding hydrogens is 357 g/mol. The van der Waals surface area contributed by atoms with Crippen LogP contribution in [0.15, 0.2) is 36.4 Å². The number of fused-ring (bicyclic) bond motifs is 1. The van der Waals surface area contributed by atoms with Crippen molar-refractivity contribution in [3.8, 4) is 5.75 Å². The zero-order valence-electron chi connectivity index (χ0n) is 14.0. The Labute approximate surface area is 155 Å². The largest absolute Gasteiger partial charge is 0.493 e. The van der Waals surface area contributed by atoms with E-state index >= 15 is 0 Å². The number of carbonyl (C=O) groups excluding carboxylic acids is 1. The van der Waals surface area contributed by atoms with E-state index < -0.39 is 11.7 Å². The highest BCUT2D eigenvalue weighted by Crippen LogP contribution is 2.40. The van der Waals surface area contributed by atoms with Crippen molar-refractivity contribution in [3.05, 3.63) is 63.9 Å². The Bertz CT molecular complexity index is 851. The molecule has 6 heteroatoms. The molecule has 4 nitrogen and oxygen atoms in total. The van der Waals surface area contributed by atoms with Crippen molar-refractivity contribution in [3.63, 3.8) is 0 Å². The fourth-order valence-corrected chi connectivity index (χ4v) is 3.84. The number of amides is 1. The van der Waals surface area contributed by atoms with Crippen LogP contribution in [0.3, 0.4) is 0 Å². The predicted octanol–water partition coefficient (Wildman–Crippen LogP) is 3.66. The summed E-state index contributed by atoms with van der Waals surface area (Å²) in [5.74, 6) is -0.139. The minimum absolute atomic E-state index is 0.0770. The SMILES string of the molecule is O=C(N[C@H](c1ccc2c(c1)CCO2)C1CC(O)C1)c1cc(Cl)ccc1F. The highest BCUT2D eigenvalue weighted by atomic mass is 35.5. The average Bonchev–Trinajstić information content (AvgIpc) is 3.06. The van der Waals surface area contributed by atoms with E-state index in [9.17, 15) is 14.3 Å². The Hall–Kier alpha value is -2.11. The van der Waals surface area contributed by atoms with Crippen LogP contribution in [0.2, 0.25) is 5.02 Å². The molecule has 0 radical (unpaired) electrons. The molecule has 0 aromatic heterocycles. The van der Waals surface area contributed by atoms with Gasteiger partial charge in [0.25, 0.3) is 5.91 Å². The third-order valence-electron chi connectivity index (χ3n) is 5.15. The molecule has 2 aromatic rings. The van der Waals surface area contributed by atoms with Crippen LogP contribution in [0.25, 0.3) is 0 Å². The second-order valence-electron chi connectivity index (χ2n) is 6.93. The Morgan fingerprint density at radius 3 is 2.85 bits per heavy atom. The van der Waals surface area contributed by atoms with Gasteiger partial charge in [-0.25, -0.2) is 4.39 Å². The first-order valence-electron chi connectivity index (χ1n) is 8.71. The lowest BCUT2D eigenvalue weighted by Crippen LogP contribution is -2.41. The second-order valence-corrected chi connectivity index (χ2v) is 7.36. The number of benzene rings is 2. The van der Waals surface area contributed by atoms with Gasteiger partial charge in [-0.05, 0) is 60.2 Å². The monoisotopic (exact) mass is 375 g/mol. The molecule has 2 N–H and O–H groups in total. The lowest BCUT2D eigenvalue weighted by Gasteiger charge is -2.38. The number of aliphatic hydroxyl groups is 1. The Kier molecular flexibility index (Phi) is 4.59. The van der Waals surface area contributed by atoms with Crippen LogP contribution < -0.4 is 10.1 Å². The van der Waals surface area contributed by atoms with Crippen LogP contribution in [0.5, 0.6) is 5.75 Å². The summed E-state index contributed by atoms with van der Waals surface area (Å²) in [6.07, 6.45) is 1.70. The van der Waals surface area contributed by atoms with Crippen molar-refractivity contribution in [2.75, 3.05) is 6.61 Å². The average molecular weight is 376 g/mol. The van der Waals surface area contributed by atoms with E-state index in [1.165, 1.54) is 18.2 Å². The van der Waals surface area contributed by atoms with E-state index in [0.717, 1.165) is 23.3 Å². The summed E-state index contributed by atoms with van der Waals surface area (Å²) in [7, 11) is 0. The number of nitrogens with one attached hydrogen (secondary N) is 1. The molecule has 26 heavy (non-hydrogen) atoms. The summed E-state index contributed by atoms with van der Waals surface area (Å²) in [6, 6.07) is 9.50. The summed E-state index contributed by atoms with van der Waals surface area (Å²) in [4.78, 5) is 12.7. The number of hydrogen-bond donors (Lipinski definition) is 2. The first-order valence-corrected chi connectivity index (χ1v) is 9.08. The molecule has 1 aliphatic heterocycles. The van der Waals surface area contributed by atoms with E-state index in [2.05, 4.69) is 5.32 Å². The van der Waals surface area contributed by atoms with Gasteiger partial charge in [-0.1, -0.05) is 17.7 Å². The standard InChI is InChI=1S/C20H19ClFNO3/c21-14-2-3-17(22)16(10-14)20(25)23-19(13-8-15(24)9-13)12-1-4-18-11(7-12)5-6-26-18/h1-4,7,10,13,15,19,24H,5-6,8-9H2,(H,23,25)/t13?,15?,19-/m1/s1. The minimum Gasteiger partial charge on any atom is -0.493 e. The van der Waals surface area contributed by atoms with Crippen molar-refractivity contribution < 1.29 is 19.0 Å². The van der Waals surface area contributed by atoms with E-state index in [1.54, 1.807) is 0 Å². The van der Waals surface area contributed by atoms with E-state index in [-0.39, 0.29) is 23.6 Å². The first-order chi connectivity index (χ1) is 12.5. The molecule has 1 heterocycles. The van der Waals surface area contributed by atoms with Crippen LogP contribution >= 0.6 is 11.6 Å². The molecule has 0 unspecified atom stereocenters. The molecule has 2 aromatic carbocycles. The molecule has 0 bridgehead atoms. The molecule has 1 atom stereocenters. The highest BCUT2D eigenvalue weighted by Gasteiger charge is 2.36. The summed E-state index contributed by atoms with van der Waals surface area (Å²) in [5, 5.41) is 12.9. The maximum atomic E-state index is 14.0. The lowest BCUT2D eigenvalue weighted by molar-refractivity contribution is 0.0234. The number of carbonyl (C=O) groups is 1. The Morgan fingerprint density at radius 2 is 2.08 bits per heavy atom. The maximum Gasteiger partial charge on any atom is 0.254 e. The highest BCUT2D eigenvalue weighted by molar-refractivity contribution is 6.31. The van der Waals surface area contributed by atoms with Gasteiger partial charge in [0, 0.05) is 11.4 Å². The fourth-order valence-electron chi connectivity index (χ4n) is 3.67. The summed E-state index contributed by atoms with van der Waals surface area (Å²) in [6.45, 7) is 0.658. The zero-order valence-corrected chi connectivity index (χ0v) is 14.8. The predicted molar refractivity (Wildman–Crippen MR) is 96.0 cm³/mol. The summed E-state index contributed by atoms with van der Waals surface area (Å²) >= 11 is 5.90. The molecule has 4 rings (SSSR count). The molecule has 136 valence electrons. The van der Waals surface area contributed by atoms with Gasteiger partial charge >= 0.3 is 0 Å². The lowest BCUT2D eigenvalue weighted by atomic mass is 9.74. The van der Waals surface area contributed by atoms with E-state index in [4.69, 9.17) is 16.3 Å². The van der Waals surface area contributed by atoms with Gasteiger partial charge in [-0.3, -0.25) is 4.79 Å². The van der Waals surface area contributed by atoms with Gasteiger partial charge in [-0.2, -0.15) is 0 Å². The number of rotatable bonds is 4. The normalized spacial score (nSPS) is 22.1. The molecule has 1 fully saturated rings. The summed E-state index contributed by atoms with van der Waals surface area (Å²) < 4.78 is 19.6. The van der Waals surface area contributed by atoms with Gasteiger partial charge in [0.1, 0.15) is 11.6 Å². The number of halogens is 2. The van der Waals surface area contributed by atoms with Crippen molar-refractivity contribution in [2.45, 2.75) is 31.4 Å². The van der Waals surface area contributed by atoms with Gasteiger partial charge in [0.15, 0.2) is 0 Å². The van der Waals surface area contributed by atoms with Crippen molar-refractivity contribution in [1.82, 2.24) is 5.32 Å². The Morgan fingerprint density at radius 1 is 1.27 bits per heavy atom. The van der Waals surface area contributed by atoms with Crippen molar-refractivity contribution >= 4 is 17.5 Å². The fraction of sp³-hybridized carbons (Fsp3) is 0.350. The number of hydrogen-bond acceptors (Lipinski definition) is 3. The molecule has 1 saturated carbocycles. The third-order valence-corrected chi connectivity index (χ3v) is 5.39. The maximum absolute atomic E-state index is 14.0. The van der Waals surface area contributed by atoms with Crippen molar-refractivity contribution in [1.29, 1.82) is 0 Å². The second kappa shape index (κ2) is 6.89. The van der Waals surface area contributed by atoms with Crippen molar-refractivity contribution in [2.24, 2.45) is 5.92 Å².